The Morgan fingerprint density at radius 1 is 1.15 bits per heavy atom. The minimum absolute atomic E-state index is 0.136. The normalized spacial score (nSPS) is 15.3. The molecule has 3 heterocycles. The summed E-state index contributed by atoms with van der Waals surface area (Å²) in [4.78, 5) is 25.2. The molecule has 0 spiro atoms. The van der Waals surface area contributed by atoms with Crippen LogP contribution in [0.1, 0.15) is 22.5 Å². The predicted octanol–water partition coefficient (Wildman–Crippen LogP) is 1.92. The van der Waals surface area contributed by atoms with Gasteiger partial charge in [0.15, 0.2) is 0 Å². The molecule has 2 aromatic heterocycles. The number of nitrogens with zero attached hydrogens (tertiary/aromatic N) is 6. The first-order valence-electron chi connectivity index (χ1n) is 8.59. The molecular weight excluding hydrogens is 335 g/mol. The molecule has 0 unspecified atom stereocenters. The maximum absolute atomic E-state index is 13.4. The Balaban J connectivity index is 1.55. The second-order valence-corrected chi connectivity index (χ2v) is 6.37. The topological polar surface area (TPSA) is 66.6 Å². The average Bonchev–Trinajstić information content (AvgIpc) is 2.96. The van der Waals surface area contributed by atoms with Crippen LogP contribution in [0, 0.1) is 12.7 Å². The van der Waals surface area contributed by atoms with Crippen LogP contribution in [0.3, 0.4) is 0 Å². The van der Waals surface area contributed by atoms with E-state index in [9.17, 15) is 9.18 Å². The van der Waals surface area contributed by atoms with Gasteiger partial charge in [-0.05, 0) is 31.5 Å². The summed E-state index contributed by atoms with van der Waals surface area (Å²) in [5.41, 5.74) is 1.26. The van der Waals surface area contributed by atoms with Crippen LogP contribution in [0.25, 0.3) is 5.78 Å². The summed E-state index contributed by atoms with van der Waals surface area (Å²) in [7, 11) is 0. The van der Waals surface area contributed by atoms with Gasteiger partial charge >= 0.3 is 0 Å². The lowest BCUT2D eigenvalue weighted by Crippen LogP contribution is -2.35. The number of rotatable bonds is 2. The first-order chi connectivity index (χ1) is 12.6. The van der Waals surface area contributed by atoms with E-state index >= 15 is 0 Å². The molecule has 1 aliphatic heterocycles. The maximum atomic E-state index is 13.4. The number of aromatic nitrogens is 4. The number of benzene rings is 1. The van der Waals surface area contributed by atoms with Crippen molar-refractivity contribution in [1.82, 2.24) is 24.5 Å². The molecule has 4 rings (SSSR count). The monoisotopic (exact) mass is 354 g/mol. The molecule has 1 saturated heterocycles. The predicted molar refractivity (Wildman–Crippen MR) is 94.7 cm³/mol. The number of hydrogen-bond donors (Lipinski definition) is 0. The van der Waals surface area contributed by atoms with Gasteiger partial charge in [0.1, 0.15) is 18.0 Å². The molecule has 0 aliphatic carbocycles. The third kappa shape index (κ3) is 3.10. The number of aryl methyl sites for hydroxylation is 1. The zero-order chi connectivity index (χ0) is 18.1. The van der Waals surface area contributed by atoms with Gasteiger partial charge < -0.3 is 9.80 Å². The van der Waals surface area contributed by atoms with Crippen molar-refractivity contribution in [2.75, 3.05) is 31.1 Å². The van der Waals surface area contributed by atoms with Crippen molar-refractivity contribution in [1.29, 1.82) is 0 Å². The van der Waals surface area contributed by atoms with Crippen LogP contribution < -0.4 is 4.90 Å². The highest BCUT2D eigenvalue weighted by Crippen LogP contribution is 2.19. The number of fused-ring (bicyclic) bond motifs is 1. The number of hydrogen-bond acceptors (Lipinski definition) is 5. The van der Waals surface area contributed by atoms with Crippen LogP contribution >= 0.6 is 0 Å². The van der Waals surface area contributed by atoms with E-state index in [1.54, 1.807) is 21.5 Å². The standard InChI is InChI=1S/C18H19FN6O/c1-13-10-16(25-18(22-13)20-12-21-25)23-6-3-7-24(9-8-23)17(26)14-4-2-5-15(19)11-14/h2,4-5,10-12H,3,6-9H2,1H3. The van der Waals surface area contributed by atoms with Crippen LogP contribution in [0.2, 0.25) is 0 Å². The number of halogens is 1. The molecular formula is C18H19FN6O. The van der Waals surface area contributed by atoms with E-state index in [2.05, 4.69) is 20.0 Å². The molecule has 0 N–H and O–H groups in total. The molecule has 0 atom stereocenters. The fourth-order valence-corrected chi connectivity index (χ4v) is 3.29. The summed E-state index contributed by atoms with van der Waals surface area (Å²) < 4.78 is 15.1. The van der Waals surface area contributed by atoms with Crippen LogP contribution in [0.15, 0.2) is 36.7 Å². The van der Waals surface area contributed by atoms with E-state index in [0.717, 1.165) is 24.5 Å². The first kappa shape index (κ1) is 16.4. The van der Waals surface area contributed by atoms with Gasteiger partial charge in [0.25, 0.3) is 11.7 Å². The quantitative estimate of drug-likeness (QED) is 0.703. The lowest BCUT2D eigenvalue weighted by molar-refractivity contribution is 0.0766. The molecule has 1 aliphatic rings. The fraction of sp³-hybridized carbons (Fsp3) is 0.333. The molecule has 3 aromatic rings. The Morgan fingerprint density at radius 3 is 2.88 bits per heavy atom. The lowest BCUT2D eigenvalue weighted by Gasteiger charge is -2.24. The van der Waals surface area contributed by atoms with E-state index in [1.165, 1.54) is 18.5 Å². The third-order valence-corrected chi connectivity index (χ3v) is 4.54. The van der Waals surface area contributed by atoms with Crippen LogP contribution in [0.5, 0.6) is 0 Å². The van der Waals surface area contributed by atoms with E-state index in [4.69, 9.17) is 0 Å². The third-order valence-electron chi connectivity index (χ3n) is 4.54. The highest BCUT2D eigenvalue weighted by Gasteiger charge is 2.22. The minimum atomic E-state index is -0.395. The molecule has 1 aromatic carbocycles. The second kappa shape index (κ2) is 6.70. The summed E-state index contributed by atoms with van der Waals surface area (Å²) in [5, 5.41) is 4.26. The van der Waals surface area contributed by atoms with E-state index in [-0.39, 0.29) is 5.91 Å². The van der Waals surface area contributed by atoms with Gasteiger partial charge in [0, 0.05) is 43.5 Å². The molecule has 1 fully saturated rings. The Kier molecular flexibility index (Phi) is 4.24. The summed E-state index contributed by atoms with van der Waals surface area (Å²) in [6.07, 6.45) is 2.31. The number of amides is 1. The van der Waals surface area contributed by atoms with Gasteiger partial charge in [-0.25, -0.2) is 9.37 Å². The highest BCUT2D eigenvalue weighted by molar-refractivity contribution is 5.94. The number of carbonyl (C=O) groups excluding carboxylic acids is 1. The molecule has 0 radical (unpaired) electrons. The Morgan fingerprint density at radius 2 is 2.04 bits per heavy atom. The SMILES string of the molecule is Cc1cc(N2CCCN(C(=O)c3cccc(F)c3)CC2)n2ncnc2n1. The minimum Gasteiger partial charge on any atom is -0.355 e. The van der Waals surface area contributed by atoms with Gasteiger partial charge in [-0.3, -0.25) is 4.79 Å². The maximum Gasteiger partial charge on any atom is 0.254 e. The van der Waals surface area contributed by atoms with Crippen molar-refractivity contribution < 1.29 is 9.18 Å². The molecule has 7 nitrogen and oxygen atoms in total. The smallest absolute Gasteiger partial charge is 0.254 e. The second-order valence-electron chi connectivity index (χ2n) is 6.37. The first-order valence-corrected chi connectivity index (χ1v) is 8.59. The van der Waals surface area contributed by atoms with E-state index in [0.29, 0.717) is 31.0 Å². The van der Waals surface area contributed by atoms with Gasteiger partial charge in [-0.1, -0.05) is 6.07 Å². The van der Waals surface area contributed by atoms with Crippen molar-refractivity contribution >= 4 is 17.5 Å². The zero-order valence-corrected chi connectivity index (χ0v) is 14.5. The van der Waals surface area contributed by atoms with Gasteiger partial charge in [-0.15, -0.1) is 0 Å². The average molecular weight is 354 g/mol. The summed E-state index contributed by atoms with van der Waals surface area (Å²) in [6.45, 7) is 4.59. The van der Waals surface area contributed by atoms with Gasteiger partial charge in [0.05, 0.1) is 0 Å². The summed E-state index contributed by atoms with van der Waals surface area (Å²) in [5.74, 6) is 0.957. The lowest BCUT2D eigenvalue weighted by atomic mass is 10.2. The Labute approximate surface area is 150 Å². The van der Waals surface area contributed by atoms with Crippen molar-refractivity contribution in [3.63, 3.8) is 0 Å². The molecule has 0 saturated carbocycles. The summed E-state index contributed by atoms with van der Waals surface area (Å²) >= 11 is 0. The molecule has 1 amide bonds. The molecule has 26 heavy (non-hydrogen) atoms. The zero-order valence-electron chi connectivity index (χ0n) is 14.5. The van der Waals surface area contributed by atoms with Crippen LogP contribution in [-0.4, -0.2) is 56.6 Å². The molecule has 0 bridgehead atoms. The van der Waals surface area contributed by atoms with Crippen molar-refractivity contribution in [2.24, 2.45) is 0 Å². The Bertz CT molecular complexity index is 956. The Hall–Kier alpha value is -3.03. The summed E-state index contributed by atoms with van der Waals surface area (Å²) in [6, 6.07) is 7.82. The van der Waals surface area contributed by atoms with Gasteiger partial charge in [0.2, 0.25) is 0 Å². The van der Waals surface area contributed by atoms with Crippen molar-refractivity contribution in [3.05, 3.63) is 53.7 Å². The van der Waals surface area contributed by atoms with Crippen LogP contribution in [-0.2, 0) is 0 Å². The molecule has 134 valence electrons. The van der Waals surface area contributed by atoms with Crippen molar-refractivity contribution in [3.8, 4) is 0 Å². The van der Waals surface area contributed by atoms with E-state index in [1.807, 2.05) is 13.0 Å². The highest BCUT2D eigenvalue weighted by atomic mass is 19.1. The number of carbonyl (C=O) groups is 1. The fourth-order valence-electron chi connectivity index (χ4n) is 3.29. The largest absolute Gasteiger partial charge is 0.355 e. The molecule has 8 heteroatoms. The van der Waals surface area contributed by atoms with E-state index < -0.39 is 5.82 Å². The number of anilines is 1. The van der Waals surface area contributed by atoms with Gasteiger partial charge in [-0.2, -0.15) is 14.6 Å². The van der Waals surface area contributed by atoms with Crippen molar-refractivity contribution in [2.45, 2.75) is 13.3 Å². The van der Waals surface area contributed by atoms with Crippen LogP contribution in [0.4, 0.5) is 10.2 Å².